The van der Waals surface area contributed by atoms with Crippen LogP contribution in [0.4, 0.5) is 0 Å². The molecule has 72 valence electrons. The summed E-state index contributed by atoms with van der Waals surface area (Å²) >= 11 is 3.60. The topological polar surface area (TPSA) is 28.7 Å². The monoisotopic (exact) mass is 250 g/mol. The highest BCUT2D eigenvalue weighted by Gasteiger charge is 2.17. The molecule has 0 atom stereocenters. The fourth-order valence-corrected chi connectivity index (χ4v) is 2.83. The molecule has 0 saturated carbocycles. The van der Waals surface area contributed by atoms with E-state index < -0.39 is 0 Å². The van der Waals surface area contributed by atoms with E-state index in [2.05, 4.69) is 25.9 Å². The molecule has 0 spiro atoms. The first-order chi connectivity index (χ1) is 6.86. The van der Waals surface area contributed by atoms with Crippen LogP contribution in [-0.4, -0.2) is 9.97 Å². The Labute approximate surface area is 90.9 Å². The molecular weight excluding hydrogens is 240 g/mol. The second-order valence-corrected chi connectivity index (χ2v) is 4.66. The summed E-state index contributed by atoms with van der Waals surface area (Å²) in [4.78, 5) is 7.78. The standard InChI is InChI=1S/C11H11BrN2/c12-8-5-6-13-11-10(8)7-3-1-2-4-9(7)14-11/h5-6H,1-4H2,(H,13,14). The van der Waals surface area contributed by atoms with E-state index in [0.29, 0.717) is 0 Å². The molecule has 0 bridgehead atoms. The Morgan fingerprint density at radius 3 is 3.07 bits per heavy atom. The van der Waals surface area contributed by atoms with E-state index in [0.717, 1.165) is 5.65 Å². The summed E-state index contributed by atoms with van der Waals surface area (Å²) in [6, 6.07) is 2.02. The largest absolute Gasteiger partial charge is 0.343 e. The molecule has 0 radical (unpaired) electrons. The minimum Gasteiger partial charge on any atom is -0.343 e. The zero-order valence-electron chi connectivity index (χ0n) is 7.81. The van der Waals surface area contributed by atoms with Crippen molar-refractivity contribution in [2.75, 3.05) is 0 Å². The summed E-state index contributed by atoms with van der Waals surface area (Å²) in [5.74, 6) is 0. The quantitative estimate of drug-likeness (QED) is 0.765. The van der Waals surface area contributed by atoms with Crippen molar-refractivity contribution in [1.29, 1.82) is 0 Å². The molecule has 0 fully saturated rings. The van der Waals surface area contributed by atoms with Gasteiger partial charge in [-0.1, -0.05) is 0 Å². The number of nitrogens with one attached hydrogen (secondary N) is 1. The number of hydrogen-bond donors (Lipinski definition) is 1. The van der Waals surface area contributed by atoms with E-state index in [1.165, 1.54) is 46.8 Å². The van der Waals surface area contributed by atoms with Crippen LogP contribution in [0.5, 0.6) is 0 Å². The number of nitrogens with zero attached hydrogens (tertiary/aromatic N) is 1. The SMILES string of the molecule is Brc1ccnc2[nH]c3c(c12)CCCC3. The fourth-order valence-electron chi connectivity index (χ4n) is 2.28. The summed E-state index contributed by atoms with van der Waals surface area (Å²) in [6.45, 7) is 0. The van der Waals surface area contributed by atoms with Gasteiger partial charge in [0, 0.05) is 21.7 Å². The van der Waals surface area contributed by atoms with Crippen LogP contribution in [-0.2, 0) is 12.8 Å². The smallest absolute Gasteiger partial charge is 0.138 e. The summed E-state index contributed by atoms with van der Waals surface area (Å²) in [7, 11) is 0. The molecule has 3 rings (SSSR count). The Morgan fingerprint density at radius 2 is 2.14 bits per heavy atom. The lowest BCUT2D eigenvalue weighted by molar-refractivity contribution is 0.679. The van der Waals surface area contributed by atoms with Crippen LogP contribution in [0.1, 0.15) is 24.1 Å². The first-order valence-corrected chi connectivity index (χ1v) is 5.79. The fraction of sp³-hybridized carbons (Fsp3) is 0.364. The second kappa shape index (κ2) is 3.09. The maximum atomic E-state index is 4.36. The zero-order valence-corrected chi connectivity index (χ0v) is 9.39. The number of H-pyrrole nitrogens is 1. The van der Waals surface area contributed by atoms with Crippen LogP contribution in [0.25, 0.3) is 11.0 Å². The molecule has 14 heavy (non-hydrogen) atoms. The summed E-state index contributed by atoms with van der Waals surface area (Å²) < 4.78 is 1.17. The first-order valence-electron chi connectivity index (χ1n) is 5.00. The molecule has 0 amide bonds. The van der Waals surface area contributed by atoms with Gasteiger partial charge in [0.2, 0.25) is 0 Å². The van der Waals surface area contributed by atoms with Crippen LogP contribution in [0.2, 0.25) is 0 Å². The van der Waals surface area contributed by atoms with E-state index in [1.54, 1.807) is 0 Å². The van der Waals surface area contributed by atoms with Crippen LogP contribution in [0.15, 0.2) is 16.7 Å². The van der Waals surface area contributed by atoms with E-state index in [-0.39, 0.29) is 0 Å². The third kappa shape index (κ3) is 1.12. The minimum atomic E-state index is 1.03. The van der Waals surface area contributed by atoms with Gasteiger partial charge in [-0.25, -0.2) is 4.98 Å². The number of halogens is 1. The van der Waals surface area contributed by atoms with Crippen LogP contribution < -0.4 is 0 Å². The third-order valence-corrected chi connectivity index (χ3v) is 3.60. The lowest BCUT2D eigenvalue weighted by Crippen LogP contribution is -2.00. The molecule has 3 heteroatoms. The lowest BCUT2D eigenvalue weighted by atomic mass is 9.96. The maximum Gasteiger partial charge on any atom is 0.138 e. The molecule has 0 unspecified atom stereocenters. The van der Waals surface area contributed by atoms with Gasteiger partial charge in [-0.2, -0.15) is 0 Å². The number of aromatic nitrogens is 2. The Kier molecular flexibility index (Phi) is 1.87. The van der Waals surface area contributed by atoms with Crippen molar-refractivity contribution >= 4 is 27.0 Å². The Morgan fingerprint density at radius 1 is 1.29 bits per heavy atom. The molecule has 0 aromatic carbocycles. The molecule has 1 N–H and O–H groups in total. The Hall–Kier alpha value is -0.830. The number of fused-ring (bicyclic) bond motifs is 3. The predicted molar refractivity (Wildman–Crippen MR) is 60.4 cm³/mol. The van der Waals surface area contributed by atoms with Crippen molar-refractivity contribution in [1.82, 2.24) is 9.97 Å². The normalized spacial score (nSPS) is 15.8. The second-order valence-electron chi connectivity index (χ2n) is 3.81. The van der Waals surface area contributed by atoms with Gasteiger partial charge in [0.25, 0.3) is 0 Å². The first kappa shape index (κ1) is 8.48. The van der Waals surface area contributed by atoms with Gasteiger partial charge in [0.05, 0.1) is 0 Å². The molecule has 2 aromatic rings. The van der Waals surface area contributed by atoms with Crippen LogP contribution >= 0.6 is 15.9 Å². The molecule has 1 aliphatic rings. The number of aromatic amines is 1. The van der Waals surface area contributed by atoms with Gasteiger partial charge in [-0.15, -0.1) is 0 Å². The van der Waals surface area contributed by atoms with Crippen LogP contribution in [0, 0.1) is 0 Å². The number of aryl methyl sites for hydroxylation is 2. The highest BCUT2D eigenvalue weighted by Crippen LogP contribution is 2.32. The van der Waals surface area contributed by atoms with Crippen molar-refractivity contribution in [2.24, 2.45) is 0 Å². The highest BCUT2D eigenvalue weighted by atomic mass is 79.9. The molecule has 2 heterocycles. The van der Waals surface area contributed by atoms with Crippen molar-refractivity contribution in [3.8, 4) is 0 Å². The van der Waals surface area contributed by atoms with Gasteiger partial charge in [-0.3, -0.25) is 0 Å². The summed E-state index contributed by atoms with van der Waals surface area (Å²) in [6.07, 6.45) is 6.82. The highest BCUT2D eigenvalue weighted by molar-refractivity contribution is 9.10. The molecule has 0 aliphatic heterocycles. The van der Waals surface area contributed by atoms with E-state index in [1.807, 2.05) is 12.3 Å². The predicted octanol–water partition coefficient (Wildman–Crippen LogP) is 3.20. The van der Waals surface area contributed by atoms with Gasteiger partial charge >= 0.3 is 0 Å². The Bertz CT molecular complexity index is 487. The van der Waals surface area contributed by atoms with Crippen molar-refractivity contribution in [3.05, 3.63) is 28.0 Å². The van der Waals surface area contributed by atoms with E-state index >= 15 is 0 Å². The van der Waals surface area contributed by atoms with E-state index in [9.17, 15) is 0 Å². The van der Waals surface area contributed by atoms with Crippen LogP contribution in [0.3, 0.4) is 0 Å². The zero-order chi connectivity index (χ0) is 9.54. The maximum absolute atomic E-state index is 4.36. The van der Waals surface area contributed by atoms with Crippen molar-refractivity contribution in [2.45, 2.75) is 25.7 Å². The minimum absolute atomic E-state index is 1.03. The van der Waals surface area contributed by atoms with Gasteiger partial charge in [-0.05, 0) is 53.2 Å². The molecule has 2 aromatic heterocycles. The molecule has 0 saturated heterocycles. The molecular formula is C11H11BrN2. The molecule has 2 nitrogen and oxygen atoms in total. The average Bonchev–Trinajstić information content (AvgIpc) is 2.57. The lowest BCUT2D eigenvalue weighted by Gasteiger charge is -2.10. The number of hydrogen-bond acceptors (Lipinski definition) is 1. The summed E-state index contributed by atoms with van der Waals surface area (Å²) in [5.41, 5.74) is 3.91. The van der Waals surface area contributed by atoms with Gasteiger partial charge < -0.3 is 4.98 Å². The molecule has 1 aliphatic carbocycles. The van der Waals surface area contributed by atoms with Crippen molar-refractivity contribution in [3.63, 3.8) is 0 Å². The number of rotatable bonds is 0. The number of pyridine rings is 1. The third-order valence-electron chi connectivity index (χ3n) is 2.94. The van der Waals surface area contributed by atoms with Gasteiger partial charge in [0.1, 0.15) is 5.65 Å². The van der Waals surface area contributed by atoms with Crippen molar-refractivity contribution < 1.29 is 0 Å². The van der Waals surface area contributed by atoms with Gasteiger partial charge in [0.15, 0.2) is 0 Å². The van der Waals surface area contributed by atoms with E-state index in [4.69, 9.17) is 0 Å². The average molecular weight is 251 g/mol. The Balaban J connectivity index is 2.38. The summed E-state index contributed by atoms with van der Waals surface area (Å²) in [5, 5.41) is 1.29.